The Morgan fingerprint density at radius 1 is 1.08 bits per heavy atom. The molecule has 2 aromatic carbocycles. The van der Waals surface area contributed by atoms with E-state index in [0.717, 1.165) is 10.9 Å². The van der Waals surface area contributed by atoms with Crippen LogP contribution in [0, 0.1) is 5.82 Å². The van der Waals surface area contributed by atoms with E-state index < -0.39 is 0 Å². The Morgan fingerprint density at radius 3 is 2.58 bits per heavy atom. The van der Waals surface area contributed by atoms with Crippen molar-refractivity contribution in [3.05, 3.63) is 66.1 Å². The number of ether oxygens (including phenoxy) is 1. The fourth-order valence-electron chi connectivity index (χ4n) is 3.05. The van der Waals surface area contributed by atoms with Crippen LogP contribution in [-0.2, 0) is 4.74 Å². The average Bonchev–Trinajstić information content (AvgIpc) is 2.70. The zero-order chi connectivity index (χ0) is 17.9. The smallest absolute Gasteiger partial charge is 0.257 e. The fourth-order valence-corrected chi connectivity index (χ4v) is 3.05. The molecule has 6 heteroatoms. The molecule has 132 valence electrons. The van der Waals surface area contributed by atoms with Gasteiger partial charge in [-0.25, -0.2) is 4.39 Å². The van der Waals surface area contributed by atoms with Gasteiger partial charge in [0.25, 0.3) is 5.91 Å². The van der Waals surface area contributed by atoms with E-state index >= 15 is 0 Å². The number of aromatic nitrogens is 1. The predicted molar refractivity (Wildman–Crippen MR) is 98.1 cm³/mol. The molecule has 0 radical (unpaired) electrons. The van der Waals surface area contributed by atoms with E-state index in [-0.39, 0.29) is 11.7 Å². The zero-order valence-corrected chi connectivity index (χ0v) is 14.1. The maximum Gasteiger partial charge on any atom is 0.257 e. The lowest BCUT2D eigenvalue weighted by Gasteiger charge is -2.27. The topological polar surface area (TPSA) is 54.5 Å². The van der Waals surface area contributed by atoms with E-state index in [1.54, 1.807) is 23.2 Å². The summed E-state index contributed by atoms with van der Waals surface area (Å²) >= 11 is 0. The van der Waals surface area contributed by atoms with Crippen molar-refractivity contribution in [3.63, 3.8) is 0 Å². The normalized spacial score (nSPS) is 14.4. The third kappa shape index (κ3) is 3.23. The van der Waals surface area contributed by atoms with Crippen LogP contribution >= 0.6 is 0 Å². The Kier molecular flexibility index (Phi) is 4.50. The molecule has 1 amide bonds. The first-order chi connectivity index (χ1) is 12.7. The van der Waals surface area contributed by atoms with Crippen molar-refractivity contribution in [1.82, 2.24) is 9.88 Å². The highest BCUT2D eigenvalue weighted by Gasteiger charge is 2.23. The second-order valence-corrected chi connectivity index (χ2v) is 6.10. The molecule has 1 aromatic heterocycles. The molecule has 1 aliphatic heterocycles. The van der Waals surface area contributed by atoms with Crippen LogP contribution in [-0.4, -0.2) is 42.1 Å². The van der Waals surface area contributed by atoms with Crippen LogP contribution in [0.5, 0.6) is 0 Å². The van der Waals surface area contributed by atoms with Gasteiger partial charge >= 0.3 is 0 Å². The maximum atomic E-state index is 13.2. The minimum absolute atomic E-state index is 0.0869. The molecule has 1 fully saturated rings. The number of carbonyl (C=O) groups excluding carboxylic acids is 1. The first kappa shape index (κ1) is 16.5. The molecule has 3 aromatic rings. The Morgan fingerprint density at radius 2 is 1.81 bits per heavy atom. The summed E-state index contributed by atoms with van der Waals surface area (Å²) in [6, 6.07) is 13.7. The largest absolute Gasteiger partial charge is 0.378 e. The number of nitrogens with one attached hydrogen (secondary N) is 1. The van der Waals surface area contributed by atoms with Crippen molar-refractivity contribution in [1.29, 1.82) is 0 Å². The standard InChI is InChI=1S/C20H18FN3O2/c21-14-5-7-15(8-6-14)23-19-16-3-1-2-4-18(16)22-13-17(19)20(25)24-9-11-26-12-10-24/h1-8,13H,9-12H2,(H,22,23). The van der Waals surface area contributed by atoms with Gasteiger partial charge in [-0.2, -0.15) is 0 Å². The summed E-state index contributed by atoms with van der Waals surface area (Å²) in [5.74, 6) is -0.393. The highest BCUT2D eigenvalue weighted by molar-refractivity contribution is 6.08. The van der Waals surface area contributed by atoms with E-state index in [9.17, 15) is 9.18 Å². The third-order valence-corrected chi connectivity index (χ3v) is 4.42. The number of pyridine rings is 1. The van der Waals surface area contributed by atoms with Gasteiger partial charge in [0.15, 0.2) is 0 Å². The number of anilines is 2. The number of amides is 1. The van der Waals surface area contributed by atoms with Gasteiger partial charge in [0.05, 0.1) is 30.0 Å². The highest BCUT2D eigenvalue weighted by Crippen LogP contribution is 2.30. The van der Waals surface area contributed by atoms with E-state index in [1.165, 1.54) is 12.1 Å². The van der Waals surface area contributed by atoms with Crippen molar-refractivity contribution >= 4 is 28.2 Å². The van der Waals surface area contributed by atoms with Gasteiger partial charge in [0, 0.05) is 30.4 Å². The van der Waals surface area contributed by atoms with Crippen LogP contribution in [0.4, 0.5) is 15.8 Å². The molecule has 0 unspecified atom stereocenters. The number of benzene rings is 2. The fraction of sp³-hybridized carbons (Fsp3) is 0.200. The number of halogens is 1. The zero-order valence-electron chi connectivity index (χ0n) is 14.1. The maximum absolute atomic E-state index is 13.2. The summed E-state index contributed by atoms with van der Waals surface area (Å²) in [5, 5.41) is 4.12. The highest BCUT2D eigenvalue weighted by atomic mass is 19.1. The summed E-state index contributed by atoms with van der Waals surface area (Å²) in [7, 11) is 0. The van der Waals surface area contributed by atoms with Gasteiger partial charge in [0.1, 0.15) is 5.82 Å². The summed E-state index contributed by atoms with van der Waals surface area (Å²) in [4.78, 5) is 19.2. The Bertz CT molecular complexity index is 937. The summed E-state index contributed by atoms with van der Waals surface area (Å²) < 4.78 is 18.6. The van der Waals surface area contributed by atoms with Crippen LogP contribution in [0.1, 0.15) is 10.4 Å². The van der Waals surface area contributed by atoms with Crippen molar-refractivity contribution in [2.75, 3.05) is 31.6 Å². The molecule has 0 atom stereocenters. The molecule has 0 saturated carbocycles. The molecular formula is C20H18FN3O2. The van der Waals surface area contributed by atoms with E-state index in [4.69, 9.17) is 4.74 Å². The molecule has 4 rings (SSSR count). The van der Waals surface area contributed by atoms with E-state index in [1.807, 2.05) is 24.3 Å². The van der Waals surface area contributed by atoms with Crippen molar-refractivity contribution in [2.45, 2.75) is 0 Å². The first-order valence-corrected chi connectivity index (χ1v) is 8.50. The molecule has 0 spiro atoms. The average molecular weight is 351 g/mol. The summed E-state index contributed by atoms with van der Waals surface area (Å²) in [6.45, 7) is 2.18. The molecule has 26 heavy (non-hydrogen) atoms. The summed E-state index contributed by atoms with van der Waals surface area (Å²) in [5.41, 5.74) is 2.67. The Labute approximate surface area is 150 Å². The van der Waals surface area contributed by atoms with Crippen LogP contribution < -0.4 is 5.32 Å². The van der Waals surface area contributed by atoms with Crippen LogP contribution in [0.25, 0.3) is 10.9 Å². The number of carbonyl (C=O) groups is 1. The lowest BCUT2D eigenvalue weighted by atomic mass is 10.1. The molecule has 1 aliphatic rings. The van der Waals surface area contributed by atoms with Gasteiger partial charge in [-0.05, 0) is 30.3 Å². The monoisotopic (exact) mass is 351 g/mol. The van der Waals surface area contributed by atoms with Crippen LogP contribution in [0.3, 0.4) is 0 Å². The molecule has 1 N–H and O–H groups in total. The number of hydrogen-bond acceptors (Lipinski definition) is 4. The van der Waals surface area contributed by atoms with Gasteiger partial charge in [-0.3, -0.25) is 9.78 Å². The second-order valence-electron chi connectivity index (χ2n) is 6.10. The lowest BCUT2D eigenvalue weighted by molar-refractivity contribution is 0.0303. The SMILES string of the molecule is O=C(c1cnc2ccccc2c1Nc1ccc(F)cc1)N1CCOCC1. The quantitative estimate of drug-likeness (QED) is 0.783. The third-order valence-electron chi connectivity index (χ3n) is 4.42. The number of morpholine rings is 1. The van der Waals surface area contributed by atoms with Gasteiger partial charge in [-0.1, -0.05) is 18.2 Å². The van der Waals surface area contributed by atoms with Crippen molar-refractivity contribution in [2.24, 2.45) is 0 Å². The van der Waals surface area contributed by atoms with Crippen molar-refractivity contribution < 1.29 is 13.9 Å². The first-order valence-electron chi connectivity index (χ1n) is 8.50. The number of nitrogens with zero attached hydrogens (tertiary/aromatic N) is 2. The lowest BCUT2D eigenvalue weighted by Crippen LogP contribution is -2.41. The van der Waals surface area contributed by atoms with Crippen LogP contribution in [0.2, 0.25) is 0 Å². The van der Waals surface area contributed by atoms with Crippen molar-refractivity contribution in [3.8, 4) is 0 Å². The Hall–Kier alpha value is -2.99. The second kappa shape index (κ2) is 7.09. The molecule has 0 aliphatic carbocycles. The van der Waals surface area contributed by atoms with Gasteiger partial charge in [0.2, 0.25) is 0 Å². The van der Waals surface area contributed by atoms with E-state index in [0.29, 0.717) is 43.2 Å². The number of hydrogen-bond donors (Lipinski definition) is 1. The van der Waals surface area contributed by atoms with Gasteiger partial charge < -0.3 is 15.0 Å². The number of rotatable bonds is 3. The minimum Gasteiger partial charge on any atom is -0.378 e. The van der Waals surface area contributed by atoms with Crippen LogP contribution in [0.15, 0.2) is 54.7 Å². The Balaban J connectivity index is 1.78. The predicted octanol–water partition coefficient (Wildman–Crippen LogP) is 3.59. The van der Waals surface area contributed by atoms with Gasteiger partial charge in [-0.15, -0.1) is 0 Å². The molecule has 2 heterocycles. The number of para-hydroxylation sites is 1. The molecule has 0 bridgehead atoms. The minimum atomic E-state index is -0.306. The number of fused-ring (bicyclic) bond motifs is 1. The molecule has 5 nitrogen and oxygen atoms in total. The molecule has 1 saturated heterocycles. The van der Waals surface area contributed by atoms with E-state index in [2.05, 4.69) is 10.3 Å². The summed E-state index contributed by atoms with van der Waals surface area (Å²) in [6.07, 6.45) is 1.60. The molecular weight excluding hydrogens is 333 g/mol.